The number of hydrogen-bond acceptors (Lipinski definition) is 2. The van der Waals surface area contributed by atoms with E-state index in [9.17, 15) is 14.5 Å². The highest BCUT2D eigenvalue weighted by molar-refractivity contribution is 5.39. The van der Waals surface area contributed by atoms with Crippen molar-refractivity contribution in [3.8, 4) is 0 Å². The third-order valence-corrected chi connectivity index (χ3v) is 1.78. The maximum absolute atomic E-state index is 13.3. The van der Waals surface area contributed by atoms with Gasteiger partial charge in [0, 0.05) is 12.1 Å². The summed E-state index contributed by atoms with van der Waals surface area (Å²) in [6, 6.07) is 3.53. The lowest BCUT2D eigenvalue weighted by molar-refractivity contribution is -0.384. The van der Waals surface area contributed by atoms with Crippen molar-refractivity contribution in [1.29, 1.82) is 0 Å². The molecule has 0 aromatic heterocycles. The van der Waals surface area contributed by atoms with Crippen LogP contribution in [0.15, 0.2) is 18.2 Å². The molecule has 0 amide bonds. The van der Waals surface area contributed by atoms with E-state index >= 15 is 0 Å². The van der Waals surface area contributed by atoms with E-state index in [2.05, 4.69) is 0 Å². The number of hydrogen-bond donors (Lipinski definition) is 0. The van der Waals surface area contributed by atoms with E-state index in [1.54, 1.807) is 6.42 Å². The SMILES string of the molecule is CC(C)(C)[CH]c1cc([N+](=O)[O-])ccc1F. The van der Waals surface area contributed by atoms with Gasteiger partial charge in [0.25, 0.3) is 5.69 Å². The number of nitro groups is 1. The second kappa shape index (κ2) is 3.96. The largest absolute Gasteiger partial charge is 0.269 e. The van der Waals surface area contributed by atoms with E-state index in [1.807, 2.05) is 20.8 Å². The molecule has 0 aliphatic rings. The molecule has 0 saturated carbocycles. The molecular formula is C11H13FNO2. The molecule has 81 valence electrons. The first kappa shape index (κ1) is 11.6. The number of rotatable bonds is 2. The first-order valence-electron chi connectivity index (χ1n) is 4.59. The Hall–Kier alpha value is -1.45. The fraction of sp³-hybridized carbons (Fsp3) is 0.364. The minimum atomic E-state index is -0.528. The highest BCUT2D eigenvalue weighted by atomic mass is 19.1. The number of nitrogens with zero attached hydrogens (tertiary/aromatic N) is 1. The molecule has 3 nitrogen and oxygen atoms in total. The van der Waals surface area contributed by atoms with Crippen molar-refractivity contribution < 1.29 is 9.31 Å². The van der Waals surface area contributed by atoms with Gasteiger partial charge in [-0.25, -0.2) is 4.39 Å². The van der Waals surface area contributed by atoms with Gasteiger partial charge in [0.05, 0.1) is 4.92 Å². The van der Waals surface area contributed by atoms with Gasteiger partial charge in [0.15, 0.2) is 0 Å². The molecule has 0 unspecified atom stereocenters. The first-order valence-corrected chi connectivity index (χ1v) is 4.59. The summed E-state index contributed by atoms with van der Waals surface area (Å²) in [7, 11) is 0. The highest BCUT2D eigenvalue weighted by Crippen LogP contribution is 2.27. The number of halogens is 1. The lowest BCUT2D eigenvalue weighted by Gasteiger charge is -2.17. The lowest BCUT2D eigenvalue weighted by atomic mass is 9.88. The zero-order chi connectivity index (χ0) is 11.6. The summed E-state index contributed by atoms with van der Waals surface area (Å²) in [5.41, 5.74) is -0.0284. The topological polar surface area (TPSA) is 43.1 Å². The van der Waals surface area contributed by atoms with Crippen LogP contribution in [0, 0.1) is 27.8 Å². The van der Waals surface area contributed by atoms with E-state index in [4.69, 9.17) is 0 Å². The molecule has 0 bridgehead atoms. The summed E-state index contributed by atoms with van der Waals surface area (Å²) in [5, 5.41) is 10.5. The summed E-state index contributed by atoms with van der Waals surface area (Å²) in [4.78, 5) is 9.97. The molecule has 4 heteroatoms. The Balaban J connectivity index is 3.06. The third kappa shape index (κ3) is 3.31. The van der Waals surface area contributed by atoms with Crippen LogP contribution in [0.4, 0.5) is 10.1 Å². The van der Waals surface area contributed by atoms with Crippen molar-refractivity contribution in [2.75, 3.05) is 0 Å². The molecule has 1 radical (unpaired) electrons. The van der Waals surface area contributed by atoms with Crippen molar-refractivity contribution in [3.63, 3.8) is 0 Å². The predicted molar refractivity (Wildman–Crippen MR) is 55.9 cm³/mol. The van der Waals surface area contributed by atoms with Gasteiger partial charge in [0.2, 0.25) is 0 Å². The van der Waals surface area contributed by atoms with Gasteiger partial charge >= 0.3 is 0 Å². The van der Waals surface area contributed by atoms with Gasteiger partial charge in [-0.15, -0.1) is 0 Å². The number of benzene rings is 1. The monoisotopic (exact) mass is 210 g/mol. The zero-order valence-electron chi connectivity index (χ0n) is 8.95. The second-order valence-corrected chi connectivity index (χ2v) is 4.47. The Morgan fingerprint density at radius 1 is 1.40 bits per heavy atom. The van der Waals surface area contributed by atoms with Crippen LogP contribution < -0.4 is 0 Å². The standard InChI is InChI=1S/C11H13FNO2/c1-11(2,3)7-8-6-9(13(14)15)4-5-10(8)12/h4-7H,1-3H3. The van der Waals surface area contributed by atoms with Crippen LogP contribution in [0.5, 0.6) is 0 Å². The van der Waals surface area contributed by atoms with E-state index in [0.29, 0.717) is 0 Å². The van der Waals surface area contributed by atoms with Crippen LogP contribution in [0.25, 0.3) is 0 Å². The Bertz CT molecular complexity index is 383. The fourth-order valence-electron chi connectivity index (χ4n) is 1.22. The minimum absolute atomic E-state index is 0.0908. The van der Waals surface area contributed by atoms with Gasteiger partial charge < -0.3 is 0 Å². The molecule has 1 aromatic carbocycles. The van der Waals surface area contributed by atoms with E-state index in [1.165, 1.54) is 6.07 Å². The molecule has 0 fully saturated rings. The predicted octanol–water partition coefficient (Wildman–Crippen LogP) is 3.33. The average molecular weight is 210 g/mol. The first-order chi connectivity index (χ1) is 6.79. The smallest absolute Gasteiger partial charge is 0.258 e. The van der Waals surface area contributed by atoms with E-state index in [0.717, 1.165) is 12.1 Å². The summed E-state index contributed by atoms with van der Waals surface area (Å²) in [6.07, 6.45) is 1.68. The molecule has 1 aromatic rings. The zero-order valence-corrected chi connectivity index (χ0v) is 8.95. The quantitative estimate of drug-likeness (QED) is 0.555. The molecule has 0 spiro atoms. The Morgan fingerprint density at radius 3 is 2.47 bits per heavy atom. The van der Waals surface area contributed by atoms with Gasteiger partial charge in [-0.1, -0.05) is 20.8 Å². The Kier molecular flexibility index (Phi) is 3.07. The highest BCUT2D eigenvalue weighted by Gasteiger charge is 2.17. The molecule has 15 heavy (non-hydrogen) atoms. The molecule has 0 heterocycles. The van der Waals surface area contributed by atoms with Gasteiger partial charge in [-0.05, 0) is 23.5 Å². The molecule has 1 rings (SSSR count). The summed E-state index contributed by atoms with van der Waals surface area (Å²) in [5.74, 6) is -0.435. The van der Waals surface area contributed by atoms with Crippen molar-refractivity contribution in [2.45, 2.75) is 20.8 Å². The molecule has 0 aliphatic carbocycles. The van der Waals surface area contributed by atoms with Crippen LogP contribution >= 0.6 is 0 Å². The summed E-state index contributed by atoms with van der Waals surface area (Å²) >= 11 is 0. The van der Waals surface area contributed by atoms with Crippen LogP contribution in [0.2, 0.25) is 0 Å². The number of nitro benzene ring substituents is 1. The van der Waals surface area contributed by atoms with Crippen molar-refractivity contribution in [3.05, 3.63) is 46.1 Å². The molecule has 0 aliphatic heterocycles. The number of non-ortho nitro benzene ring substituents is 1. The molecule has 0 atom stereocenters. The minimum Gasteiger partial charge on any atom is -0.258 e. The Morgan fingerprint density at radius 2 is 2.00 bits per heavy atom. The van der Waals surface area contributed by atoms with E-state index in [-0.39, 0.29) is 16.7 Å². The van der Waals surface area contributed by atoms with Crippen LogP contribution in [0.1, 0.15) is 26.3 Å². The summed E-state index contributed by atoms with van der Waals surface area (Å²) < 4.78 is 13.3. The average Bonchev–Trinajstić information content (AvgIpc) is 2.06. The van der Waals surface area contributed by atoms with Crippen LogP contribution in [-0.4, -0.2) is 4.92 Å². The second-order valence-electron chi connectivity index (χ2n) is 4.47. The van der Waals surface area contributed by atoms with Crippen LogP contribution in [-0.2, 0) is 0 Å². The van der Waals surface area contributed by atoms with Gasteiger partial charge in [-0.2, -0.15) is 0 Å². The normalized spacial score (nSPS) is 11.5. The maximum Gasteiger partial charge on any atom is 0.269 e. The molecular weight excluding hydrogens is 197 g/mol. The lowest BCUT2D eigenvalue weighted by Crippen LogP contribution is -2.08. The van der Waals surface area contributed by atoms with E-state index < -0.39 is 10.7 Å². The van der Waals surface area contributed by atoms with Crippen molar-refractivity contribution in [1.82, 2.24) is 0 Å². The van der Waals surface area contributed by atoms with Crippen LogP contribution in [0.3, 0.4) is 0 Å². The van der Waals surface area contributed by atoms with Gasteiger partial charge in [0.1, 0.15) is 5.82 Å². The third-order valence-electron chi connectivity index (χ3n) is 1.78. The molecule has 0 N–H and O–H groups in total. The fourth-order valence-corrected chi connectivity index (χ4v) is 1.22. The van der Waals surface area contributed by atoms with Crippen molar-refractivity contribution in [2.24, 2.45) is 5.41 Å². The Labute approximate surface area is 88.1 Å². The van der Waals surface area contributed by atoms with Gasteiger partial charge in [-0.3, -0.25) is 10.1 Å². The maximum atomic E-state index is 13.3. The summed E-state index contributed by atoms with van der Waals surface area (Å²) in [6.45, 7) is 5.72. The molecule has 0 saturated heterocycles. The van der Waals surface area contributed by atoms with Crippen molar-refractivity contribution >= 4 is 5.69 Å².